The van der Waals surface area contributed by atoms with Gasteiger partial charge in [-0.05, 0) is 42.8 Å². The van der Waals surface area contributed by atoms with Gasteiger partial charge in [-0.2, -0.15) is 8.78 Å². The zero-order chi connectivity index (χ0) is 28.3. The maximum atomic E-state index is 13.3. The van der Waals surface area contributed by atoms with Gasteiger partial charge in [-0.1, -0.05) is 26.1 Å². The topological polar surface area (TPSA) is 103 Å². The Hall–Kier alpha value is -4.74. The predicted octanol–water partition coefficient (Wildman–Crippen LogP) is 4.40. The highest BCUT2D eigenvalue weighted by molar-refractivity contribution is 5.72. The number of anilines is 1. The summed E-state index contributed by atoms with van der Waals surface area (Å²) in [7, 11) is 3.56. The molecule has 2 aromatic carbocycles. The molecule has 1 aliphatic heterocycles. The number of alkyl halides is 2. The average molecular weight is 556 g/mol. The van der Waals surface area contributed by atoms with E-state index in [1.807, 2.05) is 30.7 Å². The molecule has 0 spiro atoms. The summed E-state index contributed by atoms with van der Waals surface area (Å²) in [4.78, 5) is 30.1. The van der Waals surface area contributed by atoms with Crippen LogP contribution in [0.25, 0.3) is 12.2 Å². The highest BCUT2D eigenvalue weighted by Crippen LogP contribution is 2.37. The number of nitro benzene ring substituents is 1. The SMILES string of the molecule is C.C=C(/C=c1\c(=C/C)ncn1C)N(C)c1ccc(C2CN(C(=O)Oc3ccc([N+](=O)[O-])cc3)C2)cc1OC(F)F. The van der Waals surface area contributed by atoms with E-state index in [-0.39, 0.29) is 30.5 Å². The fourth-order valence-electron chi connectivity index (χ4n) is 4.16. The highest BCUT2D eigenvalue weighted by Gasteiger charge is 2.34. The summed E-state index contributed by atoms with van der Waals surface area (Å²) in [6.45, 7) is 3.55. The van der Waals surface area contributed by atoms with E-state index in [1.54, 1.807) is 36.5 Å². The number of likely N-dealkylation sites (tertiary alicyclic amines) is 1. The van der Waals surface area contributed by atoms with E-state index in [2.05, 4.69) is 11.6 Å². The number of nitrogens with zero attached hydrogens (tertiary/aromatic N) is 5. The monoisotopic (exact) mass is 555 g/mol. The minimum Gasteiger partial charge on any atom is -0.433 e. The zero-order valence-corrected chi connectivity index (χ0v) is 21.6. The second-order valence-electron chi connectivity index (χ2n) is 8.94. The molecule has 0 N–H and O–H groups in total. The molecular weight excluding hydrogens is 524 g/mol. The van der Waals surface area contributed by atoms with E-state index in [0.29, 0.717) is 24.5 Å². The first-order chi connectivity index (χ1) is 18.6. The van der Waals surface area contributed by atoms with Gasteiger partial charge in [-0.25, -0.2) is 9.78 Å². The highest BCUT2D eigenvalue weighted by atomic mass is 19.3. The Morgan fingerprint density at radius 1 is 1.25 bits per heavy atom. The van der Waals surface area contributed by atoms with Gasteiger partial charge < -0.3 is 23.8 Å². The number of carbonyl (C=O) groups is 1. The summed E-state index contributed by atoms with van der Waals surface area (Å²) in [6.07, 6.45) is 4.75. The molecule has 40 heavy (non-hydrogen) atoms. The number of aryl methyl sites for hydroxylation is 1. The molecule has 0 unspecified atom stereocenters. The number of benzene rings is 2. The lowest BCUT2D eigenvalue weighted by atomic mass is 9.91. The number of non-ortho nitro benzene ring substituents is 1. The Morgan fingerprint density at radius 2 is 1.93 bits per heavy atom. The number of imidazole rings is 1. The number of nitro groups is 1. The van der Waals surface area contributed by atoms with Gasteiger partial charge in [-0.3, -0.25) is 10.1 Å². The lowest BCUT2D eigenvalue weighted by Crippen LogP contribution is -2.49. The molecule has 1 aromatic heterocycles. The third-order valence-corrected chi connectivity index (χ3v) is 6.45. The fraction of sp³-hybridized carbons (Fsp3) is 0.286. The standard InChI is InChI=1S/C27H27F2N5O5.CH4/c1-5-22-24(31(3)16-30-22)12-17(2)32(4)23-11-6-18(13-25(23)39-26(28)29)19-14-33(15-19)27(35)38-21-9-7-20(8-10-21)34(36)37;/h5-13,16,19,26H,2,14-15H2,1,3-4H3;1H4/b22-5+,24-12+;. The van der Waals surface area contributed by atoms with E-state index >= 15 is 0 Å². The first-order valence-corrected chi connectivity index (χ1v) is 12.0. The lowest BCUT2D eigenvalue weighted by molar-refractivity contribution is -0.384. The maximum absolute atomic E-state index is 13.3. The number of rotatable bonds is 8. The summed E-state index contributed by atoms with van der Waals surface area (Å²) >= 11 is 0. The summed E-state index contributed by atoms with van der Waals surface area (Å²) < 4.78 is 38.6. The molecule has 1 saturated heterocycles. The van der Waals surface area contributed by atoms with Gasteiger partial charge in [-0.15, -0.1) is 0 Å². The number of amides is 1. The number of aromatic nitrogens is 2. The van der Waals surface area contributed by atoms with Crippen LogP contribution < -0.4 is 25.1 Å². The summed E-state index contributed by atoms with van der Waals surface area (Å²) in [5.41, 5.74) is 1.55. The minimum absolute atomic E-state index is 0. The molecule has 10 nitrogen and oxygen atoms in total. The van der Waals surface area contributed by atoms with Gasteiger partial charge in [0.1, 0.15) is 11.5 Å². The Labute approximate surface area is 230 Å². The van der Waals surface area contributed by atoms with Crippen LogP contribution in [0.3, 0.4) is 0 Å². The van der Waals surface area contributed by atoms with Gasteiger partial charge in [0.25, 0.3) is 5.69 Å². The van der Waals surface area contributed by atoms with Crippen molar-refractivity contribution in [3.8, 4) is 11.5 Å². The van der Waals surface area contributed by atoms with Crippen LogP contribution in [0, 0.1) is 10.1 Å². The van der Waals surface area contributed by atoms with Gasteiger partial charge in [0, 0.05) is 50.9 Å². The van der Waals surface area contributed by atoms with Crippen molar-refractivity contribution in [3.05, 3.63) is 87.4 Å². The average Bonchev–Trinajstić information content (AvgIpc) is 3.21. The molecule has 2 heterocycles. The molecule has 0 bridgehead atoms. The smallest absolute Gasteiger partial charge is 0.415 e. The number of carbonyl (C=O) groups excluding carboxylic acids is 1. The molecule has 1 fully saturated rings. The van der Waals surface area contributed by atoms with Crippen molar-refractivity contribution in [1.29, 1.82) is 0 Å². The van der Waals surface area contributed by atoms with Crippen molar-refractivity contribution < 1.29 is 28.0 Å². The molecule has 0 radical (unpaired) electrons. The van der Waals surface area contributed by atoms with E-state index in [4.69, 9.17) is 9.47 Å². The van der Waals surface area contributed by atoms with Crippen LogP contribution >= 0.6 is 0 Å². The van der Waals surface area contributed by atoms with Gasteiger partial charge in [0.05, 0.1) is 27.6 Å². The van der Waals surface area contributed by atoms with Crippen LogP contribution in [0.15, 0.2) is 61.1 Å². The molecule has 4 rings (SSSR count). The minimum atomic E-state index is -3.03. The Bertz CT molecular complexity index is 1510. The van der Waals surface area contributed by atoms with Crippen LogP contribution in [0.1, 0.15) is 25.8 Å². The van der Waals surface area contributed by atoms with E-state index in [0.717, 1.165) is 16.3 Å². The van der Waals surface area contributed by atoms with Crippen molar-refractivity contribution in [2.45, 2.75) is 26.9 Å². The Balaban J connectivity index is 0.00000441. The molecule has 12 heteroatoms. The second-order valence-corrected chi connectivity index (χ2v) is 8.94. The molecule has 0 saturated carbocycles. The quantitative estimate of drug-likeness (QED) is 0.300. The molecular formula is C28H31F2N5O5. The molecule has 1 aliphatic rings. The maximum Gasteiger partial charge on any atom is 0.415 e. The summed E-state index contributed by atoms with van der Waals surface area (Å²) in [5, 5.41) is 12.4. The normalized spacial score (nSPS) is 14.0. The summed E-state index contributed by atoms with van der Waals surface area (Å²) in [5.74, 6) is 0.0561. The molecule has 1 amide bonds. The van der Waals surface area contributed by atoms with Crippen molar-refractivity contribution in [2.24, 2.45) is 7.05 Å². The van der Waals surface area contributed by atoms with Crippen LogP contribution in [0.2, 0.25) is 0 Å². The largest absolute Gasteiger partial charge is 0.433 e. The molecule has 3 aromatic rings. The van der Waals surface area contributed by atoms with Crippen molar-refractivity contribution >= 4 is 29.6 Å². The lowest BCUT2D eigenvalue weighted by Gasteiger charge is -2.38. The first-order valence-electron chi connectivity index (χ1n) is 12.0. The van der Waals surface area contributed by atoms with Crippen LogP contribution in [0.4, 0.5) is 25.0 Å². The summed E-state index contributed by atoms with van der Waals surface area (Å²) in [6, 6.07) is 10.2. The number of ether oxygens (including phenoxy) is 2. The fourth-order valence-corrected chi connectivity index (χ4v) is 4.16. The van der Waals surface area contributed by atoms with Gasteiger partial charge in [0.2, 0.25) is 0 Å². The first kappa shape index (κ1) is 29.8. The Morgan fingerprint density at radius 3 is 2.52 bits per heavy atom. The van der Waals surface area contributed by atoms with Crippen molar-refractivity contribution in [3.63, 3.8) is 0 Å². The number of hydrogen-bond donors (Lipinski definition) is 0. The molecule has 0 aliphatic carbocycles. The zero-order valence-electron chi connectivity index (χ0n) is 21.6. The second kappa shape index (κ2) is 12.4. The molecule has 0 atom stereocenters. The van der Waals surface area contributed by atoms with E-state index < -0.39 is 17.6 Å². The third kappa shape index (κ3) is 6.45. The van der Waals surface area contributed by atoms with Crippen LogP contribution in [-0.4, -0.2) is 52.2 Å². The third-order valence-electron chi connectivity index (χ3n) is 6.45. The number of allylic oxidation sites excluding steroid dienone is 1. The van der Waals surface area contributed by atoms with Crippen LogP contribution in [0.5, 0.6) is 11.5 Å². The Kier molecular flexibility index (Phi) is 9.25. The van der Waals surface area contributed by atoms with Gasteiger partial charge in [0.15, 0.2) is 0 Å². The van der Waals surface area contributed by atoms with Gasteiger partial charge >= 0.3 is 12.7 Å². The molecule has 212 valence electrons. The number of halogens is 2. The predicted molar refractivity (Wildman–Crippen MR) is 148 cm³/mol. The van der Waals surface area contributed by atoms with E-state index in [9.17, 15) is 23.7 Å². The van der Waals surface area contributed by atoms with E-state index in [1.165, 1.54) is 29.2 Å². The van der Waals surface area contributed by atoms with Crippen LogP contribution in [-0.2, 0) is 7.05 Å². The van der Waals surface area contributed by atoms with Crippen molar-refractivity contribution in [1.82, 2.24) is 14.5 Å². The van der Waals surface area contributed by atoms with Crippen molar-refractivity contribution in [2.75, 3.05) is 25.0 Å². The number of hydrogen-bond acceptors (Lipinski definition) is 7.